The van der Waals surface area contributed by atoms with Crippen LogP contribution in [0.25, 0.3) is 0 Å². The zero-order valence-electron chi connectivity index (χ0n) is 41.3. The molecule has 62 heavy (non-hydrogen) atoms. The van der Waals surface area contributed by atoms with Crippen molar-refractivity contribution < 1.29 is 19.1 Å². The van der Waals surface area contributed by atoms with Gasteiger partial charge in [0.1, 0.15) is 17.5 Å². The normalized spacial score (nSPS) is 12.1. The standard InChI is InChI=1S/C53H99N3O6/c1-6-10-13-16-21-28-37-47(38-29-22-17-14-11-7-2)62-49(58)40-31-24-19-26-33-43-56(44-34-41-55-51-50(54-5)52(59)53(51)60)42-32-25-18-23-30-39-48(57)61-45-46(35-9-4)36-27-20-15-12-8-3/h46-47,54-55H,6-45H2,1-5H3. The fraction of sp³-hybridized carbons (Fsp3) is 0.887. The highest BCUT2D eigenvalue weighted by Gasteiger charge is 2.19. The van der Waals surface area contributed by atoms with Gasteiger partial charge >= 0.3 is 11.9 Å². The van der Waals surface area contributed by atoms with Crippen molar-refractivity contribution in [3.63, 3.8) is 0 Å². The van der Waals surface area contributed by atoms with E-state index in [9.17, 15) is 19.2 Å². The van der Waals surface area contributed by atoms with Gasteiger partial charge in [-0.1, -0.05) is 169 Å². The second kappa shape index (κ2) is 41.3. The van der Waals surface area contributed by atoms with E-state index < -0.39 is 10.9 Å². The Balaban J connectivity index is 2.42. The number of unbranched alkanes of at least 4 members (excludes halogenated alkanes) is 22. The number of esters is 2. The lowest BCUT2D eigenvalue weighted by atomic mass is 9.97. The largest absolute Gasteiger partial charge is 0.465 e. The Hall–Kier alpha value is -2.42. The Bertz CT molecular complexity index is 1250. The van der Waals surface area contributed by atoms with Crippen LogP contribution < -0.4 is 21.5 Å². The van der Waals surface area contributed by atoms with Crippen molar-refractivity contribution in [1.29, 1.82) is 0 Å². The Labute approximate surface area is 381 Å². The molecule has 0 aliphatic heterocycles. The highest BCUT2D eigenvalue weighted by molar-refractivity contribution is 5.73. The maximum atomic E-state index is 12.9. The van der Waals surface area contributed by atoms with Gasteiger partial charge in [0.25, 0.3) is 10.9 Å². The average molecular weight is 874 g/mol. The zero-order valence-corrected chi connectivity index (χ0v) is 41.3. The maximum absolute atomic E-state index is 12.9. The number of anilines is 2. The molecule has 0 aliphatic carbocycles. The molecule has 0 bridgehead atoms. The van der Waals surface area contributed by atoms with Crippen LogP contribution in [0.5, 0.6) is 0 Å². The molecule has 0 saturated carbocycles. The molecule has 362 valence electrons. The van der Waals surface area contributed by atoms with Crippen LogP contribution in [0.15, 0.2) is 9.59 Å². The maximum Gasteiger partial charge on any atom is 0.306 e. The summed E-state index contributed by atoms with van der Waals surface area (Å²) in [6, 6.07) is 0. The molecule has 1 atom stereocenters. The summed E-state index contributed by atoms with van der Waals surface area (Å²) in [5.41, 5.74) is -0.0571. The van der Waals surface area contributed by atoms with Crippen molar-refractivity contribution in [3.8, 4) is 0 Å². The predicted molar refractivity (Wildman–Crippen MR) is 264 cm³/mol. The van der Waals surface area contributed by atoms with E-state index >= 15 is 0 Å². The minimum Gasteiger partial charge on any atom is -0.465 e. The SMILES string of the molecule is CCCCCCCCC(CCCCCCCC)OC(=O)CCCCCCCN(CCCCCCCC(=O)OCC(CCC)CCCCCCC)CCCNc1c(NC)c(=O)c1=O. The molecular weight excluding hydrogens is 775 g/mol. The summed E-state index contributed by atoms with van der Waals surface area (Å²) in [5.74, 6) is 0.468. The van der Waals surface area contributed by atoms with E-state index in [0.29, 0.717) is 43.3 Å². The van der Waals surface area contributed by atoms with E-state index in [2.05, 4.69) is 43.2 Å². The summed E-state index contributed by atoms with van der Waals surface area (Å²) >= 11 is 0. The Morgan fingerprint density at radius 3 is 1.44 bits per heavy atom. The molecule has 0 radical (unpaired) electrons. The smallest absolute Gasteiger partial charge is 0.306 e. The van der Waals surface area contributed by atoms with Gasteiger partial charge in [-0.15, -0.1) is 0 Å². The molecule has 2 N–H and O–H groups in total. The van der Waals surface area contributed by atoms with Gasteiger partial charge in [0.2, 0.25) is 0 Å². The summed E-state index contributed by atoms with van der Waals surface area (Å²) in [6.07, 6.45) is 39.9. The number of carbonyl (C=O) groups is 2. The van der Waals surface area contributed by atoms with Crippen molar-refractivity contribution in [1.82, 2.24) is 4.90 Å². The minimum absolute atomic E-state index is 0.00314. The van der Waals surface area contributed by atoms with E-state index in [1.54, 1.807) is 7.05 Å². The number of carbonyl (C=O) groups excluding carboxylic acids is 2. The first-order valence-corrected chi connectivity index (χ1v) is 26.6. The van der Waals surface area contributed by atoms with Crippen LogP contribution in [0.1, 0.15) is 252 Å². The lowest BCUT2D eigenvalue weighted by molar-refractivity contribution is -0.150. The minimum atomic E-state index is -0.439. The first kappa shape index (κ1) is 57.6. The number of nitrogens with one attached hydrogen (secondary N) is 2. The van der Waals surface area contributed by atoms with Crippen molar-refractivity contribution in [2.45, 2.75) is 259 Å². The summed E-state index contributed by atoms with van der Waals surface area (Å²) in [5, 5.41) is 6.03. The van der Waals surface area contributed by atoms with Gasteiger partial charge in [-0.05, 0) is 96.2 Å². The molecule has 0 fully saturated rings. The van der Waals surface area contributed by atoms with Gasteiger partial charge in [0, 0.05) is 26.4 Å². The Morgan fingerprint density at radius 1 is 0.484 bits per heavy atom. The quantitative estimate of drug-likeness (QED) is 0.0375. The highest BCUT2D eigenvalue weighted by Crippen LogP contribution is 2.20. The summed E-state index contributed by atoms with van der Waals surface area (Å²) in [7, 11) is 1.67. The van der Waals surface area contributed by atoms with E-state index in [1.807, 2.05) is 0 Å². The molecule has 0 aromatic heterocycles. The summed E-state index contributed by atoms with van der Waals surface area (Å²) in [4.78, 5) is 51.7. The fourth-order valence-corrected chi connectivity index (χ4v) is 8.77. The molecule has 0 heterocycles. The van der Waals surface area contributed by atoms with Crippen LogP contribution in [0, 0.1) is 5.92 Å². The summed E-state index contributed by atoms with van der Waals surface area (Å²) in [6.45, 7) is 13.2. The van der Waals surface area contributed by atoms with Crippen molar-refractivity contribution in [3.05, 3.63) is 20.4 Å². The molecule has 9 heteroatoms. The molecule has 0 spiro atoms. The zero-order chi connectivity index (χ0) is 45.3. The number of nitrogens with zero attached hydrogens (tertiary/aromatic N) is 1. The fourth-order valence-electron chi connectivity index (χ4n) is 8.77. The molecule has 0 aliphatic rings. The predicted octanol–water partition coefficient (Wildman–Crippen LogP) is 13.8. The molecule has 1 aromatic carbocycles. The third-order valence-electron chi connectivity index (χ3n) is 12.8. The van der Waals surface area contributed by atoms with E-state index in [1.165, 1.54) is 103 Å². The molecule has 0 saturated heterocycles. The topological polar surface area (TPSA) is 114 Å². The van der Waals surface area contributed by atoms with Crippen molar-refractivity contribution in [2.24, 2.45) is 5.92 Å². The molecular formula is C53H99N3O6. The first-order valence-electron chi connectivity index (χ1n) is 26.6. The first-order chi connectivity index (χ1) is 30.3. The van der Waals surface area contributed by atoms with E-state index in [0.717, 1.165) is 129 Å². The third kappa shape index (κ3) is 30.6. The molecule has 1 rings (SSSR count). The Morgan fingerprint density at radius 2 is 0.919 bits per heavy atom. The van der Waals surface area contributed by atoms with Crippen molar-refractivity contribution in [2.75, 3.05) is 50.5 Å². The molecule has 0 amide bonds. The van der Waals surface area contributed by atoms with Gasteiger partial charge in [-0.3, -0.25) is 19.2 Å². The molecule has 1 unspecified atom stereocenters. The van der Waals surface area contributed by atoms with Crippen LogP contribution in [-0.4, -0.2) is 62.8 Å². The van der Waals surface area contributed by atoms with Crippen LogP contribution >= 0.6 is 0 Å². The molecule has 9 nitrogen and oxygen atoms in total. The van der Waals surface area contributed by atoms with Gasteiger partial charge in [-0.2, -0.15) is 0 Å². The van der Waals surface area contributed by atoms with Crippen molar-refractivity contribution >= 4 is 23.3 Å². The van der Waals surface area contributed by atoms with E-state index in [-0.39, 0.29) is 18.0 Å². The molecule has 1 aromatic rings. The van der Waals surface area contributed by atoms with Gasteiger partial charge in [0.15, 0.2) is 0 Å². The third-order valence-corrected chi connectivity index (χ3v) is 12.8. The van der Waals surface area contributed by atoms with Crippen LogP contribution in [0.2, 0.25) is 0 Å². The van der Waals surface area contributed by atoms with E-state index in [4.69, 9.17) is 9.47 Å². The number of rotatable bonds is 47. The number of hydrogen-bond donors (Lipinski definition) is 2. The summed E-state index contributed by atoms with van der Waals surface area (Å²) < 4.78 is 11.8. The van der Waals surface area contributed by atoms with Crippen LogP contribution in [0.4, 0.5) is 11.4 Å². The monoisotopic (exact) mass is 874 g/mol. The lowest BCUT2D eigenvalue weighted by Gasteiger charge is -2.23. The lowest BCUT2D eigenvalue weighted by Crippen LogP contribution is -2.37. The average Bonchev–Trinajstić information content (AvgIpc) is 3.27. The van der Waals surface area contributed by atoms with Gasteiger partial charge in [-0.25, -0.2) is 0 Å². The number of ether oxygens (including phenoxy) is 2. The Kier molecular flexibility index (Phi) is 38.4. The van der Waals surface area contributed by atoms with Gasteiger partial charge < -0.3 is 25.0 Å². The second-order valence-electron chi connectivity index (χ2n) is 18.6. The van der Waals surface area contributed by atoms with Crippen LogP contribution in [0.3, 0.4) is 0 Å². The second-order valence-corrected chi connectivity index (χ2v) is 18.6. The van der Waals surface area contributed by atoms with Crippen LogP contribution in [-0.2, 0) is 19.1 Å². The highest BCUT2D eigenvalue weighted by atomic mass is 16.5. The van der Waals surface area contributed by atoms with Gasteiger partial charge in [0.05, 0.1) is 6.61 Å². The number of hydrogen-bond acceptors (Lipinski definition) is 9.